The maximum Gasteiger partial charge on any atom is 0.272 e. The fourth-order valence-electron chi connectivity index (χ4n) is 4.37. The van der Waals surface area contributed by atoms with Gasteiger partial charge in [-0.3, -0.25) is 4.99 Å². The Labute approximate surface area is 179 Å². The molecular weight excluding hydrogens is 408 g/mol. The molecule has 1 aliphatic heterocycles. The molecule has 0 N–H and O–H groups in total. The van der Waals surface area contributed by atoms with E-state index < -0.39 is 13.0 Å². The zero-order valence-corrected chi connectivity index (χ0v) is 17.7. The van der Waals surface area contributed by atoms with Gasteiger partial charge in [-0.1, -0.05) is 12.8 Å². The van der Waals surface area contributed by atoms with Crippen LogP contribution in [0.3, 0.4) is 0 Å². The molecule has 0 amide bonds. The number of alkyl halides is 2. The second-order valence-electron chi connectivity index (χ2n) is 7.54. The van der Waals surface area contributed by atoms with E-state index in [2.05, 4.69) is 10.2 Å². The smallest absolute Gasteiger partial charge is 0.272 e. The summed E-state index contributed by atoms with van der Waals surface area (Å²) < 4.78 is 47.1. The predicted octanol–water partition coefficient (Wildman–Crippen LogP) is 4.02. The van der Waals surface area contributed by atoms with Crippen molar-refractivity contribution in [3.8, 4) is 23.3 Å². The highest BCUT2D eigenvalue weighted by atomic mass is 19.3. The van der Waals surface area contributed by atoms with E-state index in [4.69, 9.17) is 23.9 Å². The molecule has 9 heteroatoms. The van der Waals surface area contributed by atoms with E-state index in [-0.39, 0.29) is 12.0 Å². The third kappa shape index (κ3) is 4.13. The molecule has 0 radical (unpaired) electrons. The van der Waals surface area contributed by atoms with Gasteiger partial charge >= 0.3 is 0 Å². The third-order valence-corrected chi connectivity index (χ3v) is 5.77. The lowest BCUT2D eigenvalue weighted by atomic mass is 9.75. The fraction of sp³-hybridized carbons (Fsp3) is 0.500. The summed E-state index contributed by atoms with van der Waals surface area (Å²) in [5.74, 6) is 1.54. The van der Waals surface area contributed by atoms with Crippen molar-refractivity contribution in [2.45, 2.75) is 44.1 Å². The average Bonchev–Trinajstić information content (AvgIpc) is 2.81. The second-order valence-corrected chi connectivity index (χ2v) is 7.54. The van der Waals surface area contributed by atoms with E-state index in [1.54, 1.807) is 12.1 Å². The number of halogens is 2. The van der Waals surface area contributed by atoms with E-state index in [0.717, 1.165) is 36.8 Å². The first kappa shape index (κ1) is 21.3. The summed E-state index contributed by atoms with van der Waals surface area (Å²) >= 11 is 0. The Kier molecular flexibility index (Phi) is 6.20. The van der Waals surface area contributed by atoms with Crippen molar-refractivity contribution in [2.24, 2.45) is 4.99 Å². The third-order valence-electron chi connectivity index (χ3n) is 5.77. The number of ether oxygens (including phenoxy) is 4. The lowest BCUT2D eigenvalue weighted by Gasteiger charge is -2.36. The Morgan fingerprint density at radius 3 is 2.45 bits per heavy atom. The fourth-order valence-corrected chi connectivity index (χ4v) is 4.37. The maximum absolute atomic E-state index is 12.8. The number of rotatable bonds is 7. The quantitative estimate of drug-likeness (QED) is 0.657. The molecule has 2 atom stereocenters. The topological polar surface area (TPSA) is 75.1 Å². The zero-order valence-electron chi connectivity index (χ0n) is 17.7. The summed E-state index contributed by atoms with van der Waals surface area (Å²) in [5, 5.41) is 8.09. The van der Waals surface area contributed by atoms with Crippen molar-refractivity contribution in [1.29, 1.82) is 0 Å². The van der Waals surface area contributed by atoms with E-state index in [1.807, 2.05) is 6.07 Å². The van der Waals surface area contributed by atoms with Gasteiger partial charge in [-0.25, -0.2) is 8.78 Å². The van der Waals surface area contributed by atoms with Gasteiger partial charge in [0.05, 0.1) is 38.6 Å². The van der Waals surface area contributed by atoms with E-state index in [0.29, 0.717) is 34.5 Å². The lowest BCUT2D eigenvalue weighted by molar-refractivity contribution is 0.0803. The SMILES string of the molecule is COc1cc(C2=N[C@@H]3CCCC[C@@H]3c3cc(OCC(F)F)c(OC)cc32)c(OC)nn1. The highest BCUT2D eigenvalue weighted by Crippen LogP contribution is 2.45. The number of hydrogen-bond donors (Lipinski definition) is 0. The minimum atomic E-state index is -2.57. The normalized spacial score (nSPS) is 19.9. The van der Waals surface area contributed by atoms with Crippen LogP contribution in [0.1, 0.15) is 48.3 Å². The summed E-state index contributed by atoms with van der Waals surface area (Å²) in [5.41, 5.74) is 3.21. The van der Waals surface area contributed by atoms with E-state index >= 15 is 0 Å². The number of nitrogens with zero attached hydrogens (tertiary/aromatic N) is 3. The Balaban J connectivity index is 1.88. The molecule has 4 rings (SSSR count). The molecule has 31 heavy (non-hydrogen) atoms. The maximum atomic E-state index is 12.8. The van der Waals surface area contributed by atoms with Crippen LogP contribution in [0.15, 0.2) is 23.2 Å². The molecule has 1 aromatic carbocycles. The minimum absolute atomic E-state index is 0.0801. The van der Waals surface area contributed by atoms with Crippen LogP contribution in [0.2, 0.25) is 0 Å². The number of benzene rings is 1. The van der Waals surface area contributed by atoms with Crippen LogP contribution in [0.4, 0.5) is 8.78 Å². The van der Waals surface area contributed by atoms with Crippen molar-refractivity contribution in [1.82, 2.24) is 10.2 Å². The summed E-state index contributed by atoms with van der Waals surface area (Å²) in [6.45, 7) is -0.691. The Morgan fingerprint density at radius 1 is 0.935 bits per heavy atom. The number of methoxy groups -OCH3 is 3. The first-order valence-corrected chi connectivity index (χ1v) is 10.2. The molecule has 1 aromatic heterocycles. The van der Waals surface area contributed by atoms with Gasteiger partial charge in [0.15, 0.2) is 11.5 Å². The molecule has 1 saturated carbocycles. The highest BCUT2D eigenvalue weighted by Gasteiger charge is 2.36. The van der Waals surface area contributed by atoms with Crippen molar-refractivity contribution >= 4 is 5.71 Å². The number of fused-ring (bicyclic) bond motifs is 3. The van der Waals surface area contributed by atoms with Crippen LogP contribution in [0.25, 0.3) is 0 Å². The van der Waals surface area contributed by atoms with Crippen LogP contribution in [0.5, 0.6) is 23.3 Å². The van der Waals surface area contributed by atoms with Crippen LogP contribution in [-0.4, -0.2) is 56.3 Å². The van der Waals surface area contributed by atoms with Gasteiger partial charge in [0, 0.05) is 17.5 Å². The van der Waals surface area contributed by atoms with Crippen LogP contribution < -0.4 is 18.9 Å². The van der Waals surface area contributed by atoms with Crippen molar-refractivity contribution < 1.29 is 27.7 Å². The van der Waals surface area contributed by atoms with Crippen molar-refractivity contribution in [3.63, 3.8) is 0 Å². The lowest BCUT2D eigenvalue weighted by Crippen LogP contribution is -2.30. The molecule has 0 spiro atoms. The standard InChI is InChI=1S/C22H25F2N3O4/c1-28-17-9-14-13(8-18(17)31-11-19(23)24)12-6-4-5-7-16(12)25-21(14)15-10-20(29-2)26-27-22(15)30-3/h8-10,12,16,19H,4-7,11H2,1-3H3/t12-,16-/m1/s1. The van der Waals surface area contributed by atoms with Crippen LogP contribution >= 0.6 is 0 Å². The predicted molar refractivity (Wildman–Crippen MR) is 110 cm³/mol. The Hall–Kier alpha value is -2.97. The molecule has 0 bridgehead atoms. The largest absolute Gasteiger partial charge is 0.493 e. The summed E-state index contributed by atoms with van der Waals surface area (Å²) in [4.78, 5) is 5.08. The van der Waals surface area contributed by atoms with Crippen LogP contribution in [-0.2, 0) is 0 Å². The monoisotopic (exact) mass is 433 g/mol. The molecule has 166 valence electrons. The van der Waals surface area contributed by atoms with E-state index in [9.17, 15) is 8.78 Å². The number of aliphatic imine (C=N–C) groups is 1. The molecule has 7 nitrogen and oxygen atoms in total. The summed E-state index contributed by atoms with van der Waals surface area (Å²) in [6.07, 6.45) is 1.54. The zero-order chi connectivity index (χ0) is 22.0. The molecule has 0 saturated heterocycles. The molecular formula is C22H25F2N3O4. The summed E-state index contributed by atoms with van der Waals surface area (Å²) in [7, 11) is 4.52. The Morgan fingerprint density at radius 2 is 1.74 bits per heavy atom. The van der Waals surface area contributed by atoms with Gasteiger partial charge in [0.25, 0.3) is 6.43 Å². The minimum Gasteiger partial charge on any atom is -0.493 e. The first-order chi connectivity index (χ1) is 15.0. The average molecular weight is 433 g/mol. The number of aromatic nitrogens is 2. The second kappa shape index (κ2) is 9.03. The molecule has 1 aliphatic carbocycles. The molecule has 2 heterocycles. The van der Waals surface area contributed by atoms with Gasteiger partial charge in [-0.05, 0) is 30.5 Å². The molecule has 1 fully saturated rings. The first-order valence-electron chi connectivity index (χ1n) is 10.2. The van der Waals surface area contributed by atoms with Gasteiger partial charge in [0.1, 0.15) is 6.61 Å². The highest BCUT2D eigenvalue weighted by molar-refractivity contribution is 6.16. The van der Waals surface area contributed by atoms with Crippen molar-refractivity contribution in [2.75, 3.05) is 27.9 Å². The van der Waals surface area contributed by atoms with Crippen LogP contribution in [0, 0.1) is 0 Å². The summed E-state index contributed by atoms with van der Waals surface area (Å²) in [6, 6.07) is 5.45. The van der Waals surface area contributed by atoms with Crippen molar-refractivity contribution in [3.05, 3.63) is 34.9 Å². The Bertz CT molecular complexity index is 983. The number of hydrogen-bond acceptors (Lipinski definition) is 7. The molecule has 0 unspecified atom stereocenters. The molecule has 2 aliphatic rings. The van der Waals surface area contributed by atoms with E-state index in [1.165, 1.54) is 21.3 Å². The van der Waals surface area contributed by atoms with Gasteiger partial charge in [0.2, 0.25) is 11.8 Å². The van der Waals surface area contributed by atoms with Gasteiger partial charge < -0.3 is 18.9 Å². The van der Waals surface area contributed by atoms with Gasteiger partial charge in [-0.2, -0.15) is 0 Å². The molecule has 2 aromatic rings. The van der Waals surface area contributed by atoms with Gasteiger partial charge in [-0.15, -0.1) is 10.2 Å².